The van der Waals surface area contributed by atoms with Gasteiger partial charge in [-0.25, -0.2) is 4.79 Å². The fourth-order valence-corrected chi connectivity index (χ4v) is 4.24. The van der Waals surface area contributed by atoms with Crippen molar-refractivity contribution in [2.75, 3.05) is 33.7 Å². The normalized spacial score (nSPS) is 14.5. The molecule has 1 aromatic carbocycles. The first-order valence-electron chi connectivity index (χ1n) is 12.0. The van der Waals surface area contributed by atoms with E-state index < -0.39 is 5.60 Å². The summed E-state index contributed by atoms with van der Waals surface area (Å²) in [4.78, 5) is 21.0. The third-order valence-electron chi connectivity index (χ3n) is 5.84. The first kappa shape index (κ1) is 24.0. The highest BCUT2D eigenvalue weighted by Crippen LogP contribution is 2.32. The molecular formula is C27H35N5O2. The van der Waals surface area contributed by atoms with E-state index in [4.69, 9.17) is 9.84 Å². The van der Waals surface area contributed by atoms with E-state index in [1.807, 2.05) is 45.2 Å². The van der Waals surface area contributed by atoms with Gasteiger partial charge in [0.1, 0.15) is 5.60 Å². The Kier molecular flexibility index (Phi) is 7.03. The van der Waals surface area contributed by atoms with Crippen LogP contribution in [0.1, 0.15) is 39.3 Å². The Labute approximate surface area is 202 Å². The molecule has 0 unspecified atom stereocenters. The van der Waals surface area contributed by atoms with Crippen molar-refractivity contribution in [2.24, 2.45) is 0 Å². The molecule has 0 saturated heterocycles. The van der Waals surface area contributed by atoms with Crippen LogP contribution in [0.4, 0.5) is 4.79 Å². The van der Waals surface area contributed by atoms with Gasteiger partial charge >= 0.3 is 6.09 Å². The van der Waals surface area contributed by atoms with Gasteiger partial charge in [-0.15, -0.1) is 0 Å². The van der Waals surface area contributed by atoms with E-state index in [1.165, 1.54) is 5.57 Å². The fraction of sp³-hybridized carbons (Fsp3) is 0.444. The van der Waals surface area contributed by atoms with Gasteiger partial charge in [0.2, 0.25) is 0 Å². The number of fused-ring (bicyclic) bond motifs is 1. The maximum Gasteiger partial charge on any atom is 0.410 e. The van der Waals surface area contributed by atoms with E-state index in [9.17, 15) is 4.79 Å². The van der Waals surface area contributed by atoms with Crippen molar-refractivity contribution in [3.63, 3.8) is 0 Å². The molecule has 0 spiro atoms. The van der Waals surface area contributed by atoms with Crippen LogP contribution in [0.5, 0.6) is 0 Å². The summed E-state index contributed by atoms with van der Waals surface area (Å²) in [7, 11) is 4.18. The molecule has 0 radical (unpaired) electrons. The van der Waals surface area contributed by atoms with Gasteiger partial charge in [0, 0.05) is 36.8 Å². The van der Waals surface area contributed by atoms with Crippen LogP contribution in [-0.4, -0.2) is 70.0 Å². The van der Waals surface area contributed by atoms with Gasteiger partial charge in [-0.05, 0) is 84.1 Å². The van der Waals surface area contributed by atoms with Gasteiger partial charge < -0.3 is 14.5 Å². The second kappa shape index (κ2) is 9.97. The maximum atomic E-state index is 12.5. The van der Waals surface area contributed by atoms with E-state index in [1.54, 1.807) is 4.90 Å². The first-order chi connectivity index (χ1) is 16.2. The smallest absolute Gasteiger partial charge is 0.410 e. The molecule has 0 N–H and O–H groups in total. The number of hydrogen-bond acceptors (Lipinski definition) is 5. The second-order valence-electron chi connectivity index (χ2n) is 10.1. The van der Waals surface area contributed by atoms with Crippen LogP contribution in [-0.2, 0) is 11.3 Å². The Morgan fingerprint density at radius 1 is 1.18 bits per heavy atom. The Morgan fingerprint density at radius 2 is 2.00 bits per heavy atom. The maximum absolute atomic E-state index is 12.5. The fourth-order valence-electron chi connectivity index (χ4n) is 4.24. The monoisotopic (exact) mass is 461 g/mol. The first-order valence-corrected chi connectivity index (χ1v) is 12.0. The van der Waals surface area contributed by atoms with Crippen molar-refractivity contribution in [2.45, 2.75) is 45.8 Å². The lowest BCUT2D eigenvalue weighted by Gasteiger charge is -2.29. The highest BCUT2D eigenvalue weighted by atomic mass is 16.6. The summed E-state index contributed by atoms with van der Waals surface area (Å²) < 4.78 is 7.70. The standard InChI is InChI=1S/C27H35N5O2/c1-27(2,3)34-26(33)31-17-12-20(13-18-31)25-22-11-10-21(23-9-6-7-14-28-23)19-24(22)29-32(25)16-8-15-30(4)5/h6-7,9-12,14,19H,8,13,15-18H2,1-5H3. The van der Waals surface area contributed by atoms with Crippen LogP contribution >= 0.6 is 0 Å². The number of carbonyl (C=O) groups excluding carboxylic acids is 1. The minimum Gasteiger partial charge on any atom is -0.444 e. The number of aromatic nitrogens is 3. The lowest BCUT2D eigenvalue weighted by molar-refractivity contribution is 0.0270. The van der Waals surface area contributed by atoms with Crippen LogP contribution in [0.25, 0.3) is 27.7 Å². The highest BCUT2D eigenvalue weighted by Gasteiger charge is 2.26. The Morgan fingerprint density at radius 3 is 2.65 bits per heavy atom. The SMILES string of the molecule is CN(C)CCCn1nc2cc(-c3ccccn3)ccc2c1C1=CCN(C(=O)OC(C)(C)C)CC1. The number of pyridine rings is 1. The van der Waals surface area contributed by atoms with Crippen molar-refractivity contribution in [1.29, 1.82) is 0 Å². The Bertz CT molecular complexity index is 1170. The van der Waals surface area contributed by atoms with Crippen molar-refractivity contribution in [1.82, 2.24) is 24.6 Å². The Hall–Kier alpha value is -3.19. The molecule has 1 aliphatic heterocycles. The summed E-state index contributed by atoms with van der Waals surface area (Å²) >= 11 is 0. The van der Waals surface area contributed by atoms with Crippen molar-refractivity contribution in [3.8, 4) is 11.3 Å². The van der Waals surface area contributed by atoms with E-state index in [0.29, 0.717) is 13.1 Å². The van der Waals surface area contributed by atoms with Crippen LogP contribution < -0.4 is 0 Å². The molecule has 3 aromatic rings. The Balaban J connectivity index is 1.65. The minimum atomic E-state index is -0.492. The van der Waals surface area contributed by atoms with Crippen LogP contribution in [0.15, 0.2) is 48.7 Å². The van der Waals surface area contributed by atoms with Gasteiger partial charge in [-0.1, -0.05) is 18.2 Å². The number of rotatable bonds is 6. The summed E-state index contributed by atoms with van der Waals surface area (Å²) in [5, 5.41) is 6.14. The molecule has 0 fully saturated rings. The summed E-state index contributed by atoms with van der Waals surface area (Å²) in [5.74, 6) is 0. The molecule has 7 nitrogen and oxygen atoms in total. The van der Waals surface area contributed by atoms with E-state index in [2.05, 4.69) is 52.9 Å². The average Bonchev–Trinajstić information content (AvgIpc) is 3.15. The number of nitrogens with zero attached hydrogens (tertiary/aromatic N) is 5. The van der Waals surface area contributed by atoms with E-state index in [0.717, 1.165) is 53.8 Å². The molecule has 1 amide bonds. The molecule has 0 aliphatic carbocycles. The zero-order valence-electron chi connectivity index (χ0n) is 20.9. The topological polar surface area (TPSA) is 63.5 Å². The lowest BCUT2D eigenvalue weighted by atomic mass is 10.00. The molecule has 4 rings (SSSR count). The predicted octanol–water partition coefficient (Wildman–Crippen LogP) is 5.07. The minimum absolute atomic E-state index is 0.257. The quantitative estimate of drug-likeness (QED) is 0.513. The van der Waals surface area contributed by atoms with Gasteiger partial charge in [0.05, 0.1) is 16.9 Å². The number of benzene rings is 1. The van der Waals surface area contributed by atoms with Gasteiger partial charge in [0.15, 0.2) is 0 Å². The summed E-state index contributed by atoms with van der Waals surface area (Å²) in [5.41, 5.74) is 4.87. The molecule has 2 aromatic heterocycles. The molecule has 180 valence electrons. The second-order valence-corrected chi connectivity index (χ2v) is 10.1. The largest absolute Gasteiger partial charge is 0.444 e. The molecular weight excluding hydrogens is 426 g/mol. The van der Waals surface area contributed by atoms with Crippen LogP contribution in [0.3, 0.4) is 0 Å². The number of hydrogen-bond donors (Lipinski definition) is 0. The zero-order valence-corrected chi connectivity index (χ0v) is 20.9. The number of ether oxygens (including phenoxy) is 1. The van der Waals surface area contributed by atoms with Crippen molar-refractivity contribution < 1.29 is 9.53 Å². The number of carbonyl (C=O) groups is 1. The van der Waals surface area contributed by atoms with Gasteiger partial charge in [-0.3, -0.25) is 9.67 Å². The molecule has 0 bridgehead atoms. The summed E-state index contributed by atoms with van der Waals surface area (Å²) in [6, 6.07) is 12.4. The molecule has 0 saturated carbocycles. The molecule has 3 heterocycles. The van der Waals surface area contributed by atoms with Crippen LogP contribution in [0.2, 0.25) is 0 Å². The predicted molar refractivity (Wildman–Crippen MR) is 137 cm³/mol. The van der Waals surface area contributed by atoms with Crippen LogP contribution in [0, 0.1) is 0 Å². The third kappa shape index (κ3) is 5.65. The van der Waals surface area contributed by atoms with Crippen molar-refractivity contribution >= 4 is 22.6 Å². The summed E-state index contributed by atoms with van der Waals surface area (Å²) in [6.45, 7) is 8.71. The summed E-state index contributed by atoms with van der Waals surface area (Å²) in [6.07, 6.45) is 5.49. The molecule has 7 heteroatoms. The number of aryl methyl sites for hydroxylation is 1. The average molecular weight is 462 g/mol. The van der Waals surface area contributed by atoms with E-state index in [-0.39, 0.29) is 6.09 Å². The number of amides is 1. The molecule has 1 aliphatic rings. The lowest BCUT2D eigenvalue weighted by Crippen LogP contribution is -2.39. The highest BCUT2D eigenvalue weighted by molar-refractivity contribution is 5.93. The molecule has 0 atom stereocenters. The van der Waals surface area contributed by atoms with E-state index >= 15 is 0 Å². The molecule has 34 heavy (non-hydrogen) atoms. The zero-order chi connectivity index (χ0) is 24.3. The van der Waals surface area contributed by atoms with Gasteiger partial charge in [0.25, 0.3) is 0 Å². The van der Waals surface area contributed by atoms with Crippen molar-refractivity contribution in [3.05, 3.63) is 54.4 Å². The third-order valence-corrected chi connectivity index (χ3v) is 5.84. The van der Waals surface area contributed by atoms with Gasteiger partial charge in [-0.2, -0.15) is 5.10 Å².